The molecule has 0 saturated heterocycles. The molecule has 0 unspecified atom stereocenters. The maximum atomic E-state index is 13.8. The van der Waals surface area contributed by atoms with Crippen molar-refractivity contribution in [3.63, 3.8) is 0 Å². The van der Waals surface area contributed by atoms with Gasteiger partial charge in [0.2, 0.25) is 5.91 Å². The van der Waals surface area contributed by atoms with E-state index >= 15 is 0 Å². The van der Waals surface area contributed by atoms with Crippen LogP contribution >= 0.6 is 0 Å². The van der Waals surface area contributed by atoms with Gasteiger partial charge in [0.1, 0.15) is 0 Å². The van der Waals surface area contributed by atoms with Crippen LogP contribution < -0.4 is 5.32 Å². The number of halogens is 8. The van der Waals surface area contributed by atoms with Gasteiger partial charge in [0.25, 0.3) is 5.91 Å². The number of hydrogen-bond acceptors (Lipinski definition) is 2. The molecular weight excluding hydrogens is 536 g/mol. The second-order valence-electron chi connectivity index (χ2n) is 9.43. The van der Waals surface area contributed by atoms with Crippen molar-refractivity contribution in [2.45, 2.75) is 63.0 Å². The summed E-state index contributed by atoms with van der Waals surface area (Å²) in [6, 6.07) is 2.27. The lowest BCUT2D eigenvalue weighted by atomic mass is 9.95. The SMILES string of the molecule is CN(C(=O)c1cc(C(F)(F)F)cc(C(F)(F)F)c1)[C@@H](C=CC(=O)NC1CCCCC1)Cc1ccc(F)c(F)c1. The van der Waals surface area contributed by atoms with Gasteiger partial charge in [-0.15, -0.1) is 0 Å². The first-order chi connectivity index (χ1) is 18.1. The second-order valence-corrected chi connectivity index (χ2v) is 9.43. The Bertz CT molecular complexity index is 1180. The number of likely N-dealkylation sites (N-methyl/N-ethyl adjacent to an activating group) is 1. The van der Waals surface area contributed by atoms with Crippen LogP contribution in [0.3, 0.4) is 0 Å². The molecule has 2 aromatic rings. The van der Waals surface area contributed by atoms with Crippen molar-refractivity contribution < 1.29 is 44.7 Å². The molecule has 1 aliphatic carbocycles. The Morgan fingerprint density at radius 2 is 1.51 bits per heavy atom. The minimum Gasteiger partial charge on any atom is -0.350 e. The Kier molecular flexibility index (Phi) is 9.39. The highest BCUT2D eigenvalue weighted by molar-refractivity contribution is 5.95. The molecule has 1 N–H and O–H groups in total. The van der Waals surface area contributed by atoms with Crippen molar-refractivity contribution in [3.8, 4) is 0 Å². The van der Waals surface area contributed by atoms with E-state index in [2.05, 4.69) is 5.32 Å². The third-order valence-corrected chi connectivity index (χ3v) is 6.50. The van der Waals surface area contributed by atoms with E-state index in [0.29, 0.717) is 12.1 Å². The van der Waals surface area contributed by atoms with Crippen LogP contribution in [0.25, 0.3) is 0 Å². The van der Waals surface area contributed by atoms with Crippen molar-refractivity contribution in [3.05, 3.63) is 82.4 Å². The summed E-state index contributed by atoms with van der Waals surface area (Å²) in [7, 11) is 1.13. The molecule has 0 aliphatic heterocycles. The molecule has 0 heterocycles. The Morgan fingerprint density at radius 3 is 2.05 bits per heavy atom. The van der Waals surface area contributed by atoms with Gasteiger partial charge in [0.05, 0.1) is 17.2 Å². The Morgan fingerprint density at radius 1 is 0.923 bits per heavy atom. The molecule has 39 heavy (non-hydrogen) atoms. The largest absolute Gasteiger partial charge is 0.416 e. The number of carbonyl (C=O) groups excluding carboxylic acids is 2. The predicted octanol–water partition coefficient (Wildman–Crippen LogP) is 6.69. The monoisotopic (exact) mass is 562 g/mol. The van der Waals surface area contributed by atoms with Crippen molar-refractivity contribution in [2.24, 2.45) is 0 Å². The predicted molar refractivity (Wildman–Crippen MR) is 127 cm³/mol. The van der Waals surface area contributed by atoms with Gasteiger partial charge in [-0.3, -0.25) is 9.59 Å². The lowest BCUT2D eigenvalue weighted by Crippen LogP contribution is -2.38. The van der Waals surface area contributed by atoms with E-state index in [1.807, 2.05) is 0 Å². The number of rotatable bonds is 7. The number of benzene rings is 2. The number of carbonyl (C=O) groups is 2. The summed E-state index contributed by atoms with van der Waals surface area (Å²) in [5.74, 6) is -4.02. The molecule has 212 valence electrons. The van der Waals surface area contributed by atoms with Crippen molar-refractivity contribution in [1.82, 2.24) is 10.2 Å². The van der Waals surface area contributed by atoms with Crippen LogP contribution in [0.1, 0.15) is 59.2 Å². The highest BCUT2D eigenvalue weighted by Gasteiger charge is 2.38. The molecule has 12 heteroatoms. The van der Waals surface area contributed by atoms with E-state index in [1.165, 1.54) is 12.1 Å². The summed E-state index contributed by atoms with van der Waals surface area (Å²) in [6.07, 6.45) is -3.65. The van der Waals surface area contributed by atoms with Gasteiger partial charge in [-0.2, -0.15) is 26.3 Å². The summed E-state index contributed by atoms with van der Waals surface area (Å²) >= 11 is 0. The number of alkyl halides is 6. The van der Waals surface area contributed by atoms with Crippen LogP contribution in [-0.4, -0.2) is 35.8 Å². The standard InChI is InChI=1S/C27H26F8N2O2/c1-37(25(39)17-13-18(26(30,31)32)15-19(14-17)27(33,34)35)21(11-16-7-9-22(28)23(29)12-16)8-10-24(38)36-20-5-3-2-4-6-20/h7-10,12-15,20-21H,2-6,11H2,1H3,(H,36,38)/t21-/m0/s1. The Hall–Kier alpha value is -3.44. The average Bonchev–Trinajstić information content (AvgIpc) is 2.87. The molecule has 3 rings (SSSR count). The number of amides is 2. The Labute approximate surface area is 219 Å². The summed E-state index contributed by atoms with van der Waals surface area (Å²) < 4.78 is 107. The molecule has 2 aromatic carbocycles. The quantitative estimate of drug-likeness (QED) is 0.302. The fourth-order valence-electron chi connectivity index (χ4n) is 4.37. The molecule has 1 saturated carbocycles. The highest BCUT2D eigenvalue weighted by atomic mass is 19.4. The fraction of sp³-hybridized carbons (Fsp3) is 0.407. The van der Waals surface area contributed by atoms with Crippen molar-refractivity contribution in [2.75, 3.05) is 7.05 Å². The molecule has 0 spiro atoms. The molecule has 0 bridgehead atoms. The molecule has 1 aliphatic rings. The van der Waals surface area contributed by atoms with Crippen molar-refractivity contribution >= 4 is 11.8 Å². The van der Waals surface area contributed by atoms with Crippen molar-refractivity contribution in [1.29, 1.82) is 0 Å². The second kappa shape index (κ2) is 12.2. The number of nitrogens with one attached hydrogen (secondary N) is 1. The van der Waals surface area contributed by atoms with Crippen LogP contribution in [-0.2, 0) is 23.6 Å². The zero-order valence-electron chi connectivity index (χ0n) is 20.8. The summed E-state index contributed by atoms with van der Waals surface area (Å²) in [5.41, 5.74) is -4.02. The van der Waals surface area contributed by atoms with Gasteiger partial charge >= 0.3 is 12.4 Å². The van der Waals surface area contributed by atoms with Gasteiger partial charge in [-0.25, -0.2) is 8.78 Å². The normalized spacial score (nSPS) is 15.8. The fourth-order valence-corrected chi connectivity index (χ4v) is 4.37. The molecule has 2 amide bonds. The van der Waals surface area contributed by atoms with E-state index in [-0.39, 0.29) is 24.1 Å². The smallest absolute Gasteiger partial charge is 0.350 e. The van der Waals surface area contributed by atoms with Gasteiger partial charge in [0.15, 0.2) is 11.6 Å². The minimum absolute atomic E-state index is 0.0502. The van der Waals surface area contributed by atoms with Gasteiger partial charge in [-0.1, -0.05) is 31.4 Å². The molecule has 1 fully saturated rings. The molecule has 0 radical (unpaired) electrons. The molecule has 4 nitrogen and oxygen atoms in total. The first kappa shape index (κ1) is 30.1. The van der Waals surface area contributed by atoms with Crippen LogP contribution in [0.4, 0.5) is 35.1 Å². The number of hydrogen-bond donors (Lipinski definition) is 1. The topological polar surface area (TPSA) is 49.4 Å². The first-order valence-corrected chi connectivity index (χ1v) is 12.1. The zero-order chi connectivity index (χ0) is 29.0. The zero-order valence-corrected chi connectivity index (χ0v) is 20.8. The number of nitrogens with zero attached hydrogens (tertiary/aromatic N) is 1. The van der Waals surface area contributed by atoms with E-state index < -0.39 is 58.5 Å². The first-order valence-electron chi connectivity index (χ1n) is 12.1. The van der Waals surface area contributed by atoms with E-state index in [1.54, 1.807) is 0 Å². The molecule has 1 atom stereocenters. The van der Waals surface area contributed by atoms with Gasteiger partial charge in [-0.05, 0) is 55.2 Å². The summed E-state index contributed by atoms with van der Waals surface area (Å²) in [5, 5.41) is 2.81. The highest BCUT2D eigenvalue weighted by Crippen LogP contribution is 2.36. The van der Waals surface area contributed by atoms with Crippen LogP contribution in [0.2, 0.25) is 0 Å². The minimum atomic E-state index is -5.16. The summed E-state index contributed by atoms with van der Waals surface area (Å²) in [4.78, 5) is 26.5. The van der Waals surface area contributed by atoms with E-state index in [0.717, 1.165) is 62.3 Å². The maximum Gasteiger partial charge on any atom is 0.416 e. The molecule has 0 aromatic heterocycles. The Balaban J connectivity index is 1.93. The lowest BCUT2D eigenvalue weighted by molar-refractivity contribution is -0.143. The van der Waals surface area contributed by atoms with E-state index in [4.69, 9.17) is 0 Å². The lowest BCUT2D eigenvalue weighted by Gasteiger charge is -2.27. The average molecular weight is 563 g/mol. The van der Waals surface area contributed by atoms with Crippen LogP contribution in [0.15, 0.2) is 48.6 Å². The van der Waals surface area contributed by atoms with Crippen LogP contribution in [0.5, 0.6) is 0 Å². The summed E-state index contributed by atoms with van der Waals surface area (Å²) in [6.45, 7) is 0. The van der Waals surface area contributed by atoms with Crippen LogP contribution in [0, 0.1) is 11.6 Å². The van der Waals surface area contributed by atoms with Gasteiger partial charge < -0.3 is 10.2 Å². The molecular formula is C27H26F8N2O2. The third kappa shape index (κ3) is 8.27. The maximum absolute atomic E-state index is 13.8. The van der Waals surface area contributed by atoms with E-state index in [9.17, 15) is 44.7 Å². The van der Waals surface area contributed by atoms with Gasteiger partial charge in [0, 0.05) is 24.7 Å². The third-order valence-electron chi connectivity index (χ3n) is 6.50.